The van der Waals surface area contributed by atoms with Crippen LogP contribution in [0.4, 0.5) is 0 Å². The zero-order valence-electron chi connectivity index (χ0n) is 10.1. The number of carbonyl (C=O) groups is 1. The van der Waals surface area contributed by atoms with E-state index in [0.29, 0.717) is 19.6 Å². The average molecular weight is 250 g/mol. The summed E-state index contributed by atoms with van der Waals surface area (Å²) in [4.78, 5) is 16.2. The molecular formula is C13H18N2O3. The lowest BCUT2D eigenvalue weighted by atomic mass is 10.0. The minimum atomic E-state index is -0.779. The molecule has 0 aromatic heterocycles. The Hall–Kier alpha value is -1.43. The van der Waals surface area contributed by atoms with Crippen LogP contribution in [0.25, 0.3) is 0 Å². The standard InChI is InChI=1S/C13H18N2O3/c16-13(17)12-7-6-11(8-14-12)15-18-9-10-4-2-1-3-5-10/h1-5,11-12,14-15H,6-9H2,(H,16,17)/t11?,12-/m1/s1. The first kappa shape index (κ1) is 13.0. The van der Waals surface area contributed by atoms with Gasteiger partial charge in [-0.25, -0.2) is 0 Å². The third-order valence-electron chi connectivity index (χ3n) is 3.04. The molecule has 0 spiro atoms. The van der Waals surface area contributed by atoms with E-state index in [1.54, 1.807) is 0 Å². The molecule has 1 saturated heterocycles. The van der Waals surface area contributed by atoms with Gasteiger partial charge >= 0.3 is 5.97 Å². The van der Waals surface area contributed by atoms with Crippen molar-refractivity contribution in [2.45, 2.75) is 31.5 Å². The van der Waals surface area contributed by atoms with E-state index in [9.17, 15) is 4.79 Å². The molecule has 0 radical (unpaired) electrons. The number of rotatable bonds is 5. The number of carboxylic acid groups (broad SMARTS) is 1. The molecule has 1 heterocycles. The Kier molecular flexibility index (Phi) is 4.69. The Labute approximate surface area is 106 Å². The predicted octanol–water partition coefficient (Wildman–Crippen LogP) is 0.913. The van der Waals surface area contributed by atoms with Crippen LogP contribution in [0.15, 0.2) is 30.3 Å². The first-order valence-electron chi connectivity index (χ1n) is 6.13. The van der Waals surface area contributed by atoms with Gasteiger partial charge in [-0.1, -0.05) is 30.3 Å². The molecule has 0 saturated carbocycles. The van der Waals surface area contributed by atoms with Crippen molar-refractivity contribution in [2.24, 2.45) is 0 Å². The number of aliphatic carboxylic acids is 1. The highest BCUT2D eigenvalue weighted by molar-refractivity contribution is 5.73. The van der Waals surface area contributed by atoms with Crippen molar-refractivity contribution in [1.29, 1.82) is 0 Å². The highest BCUT2D eigenvalue weighted by Gasteiger charge is 2.25. The summed E-state index contributed by atoms with van der Waals surface area (Å²) in [6, 6.07) is 9.66. The summed E-state index contributed by atoms with van der Waals surface area (Å²) in [7, 11) is 0. The van der Waals surface area contributed by atoms with E-state index in [1.165, 1.54) is 0 Å². The Morgan fingerprint density at radius 3 is 2.78 bits per heavy atom. The SMILES string of the molecule is O=C(O)[C@H]1CCC(NOCc2ccccc2)CN1. The maximum Gasteiger partial charge on any atom is 0.320 e. The van der Waals surface area contributed by atoms with E-state index < -0.39 is 12.0 Å². The third-order valence-corrected chi connectivity index (χ3v) is 3.04. The summed E-state index contributed by atoms with van der Waals surface area (Å²) < 4.78 is 0. The van der Waals surface area contributed by atoms with Gasteiger partial charge in [0.25, 0.3) is 0 Å². The number of hydrogen-bond acceptors (Lipinski definition) is 4. The van der Waals surface area contributed by atoms with Crippen molar-refractivity contribution in [2.75, 3.05) is 6.54 Å². The van der Waals surface area contributed by atoms with Gasteiger partial charge in [-0.05, 0) is 18.4 Å². The average Bonchev–Trinajstić information content (AvgIpc) is 2.40. The van der Waals surface area contributed by atoms with Crippen LogP contribution in [0.3, 0.4) is 0 Å². The van der Waals surface area contributed by atoms with Gasteiger partial charge in [0.2, 0.25) is 0 Å². The molecule has 2 atom stereocenters. The van der Waals surface area contributed by atoms with Gasteiger partial charge in [-0.3, -0.25) is 9.63 Å². The molecule has 1 unspecified atom stereocenters. The van der Waals surface area contributed by atoms with E-state index in [-0.39, 0.29) is 6.04 Å². The fourth-order valence-electron chi connectivity index (χ4n) is 1.98. The normalized spacial score (nSPS) is 23.8. The molecule has 0 aliphatic carbocycles. The summed E-state index contributed by atoms with van der Waals surface area (Å²) in [5, 5.41) is 11.8. The largest absolute Gasteiger partial charge is 0.480 e. The molecule has 5 nitrogen and oxygen atoms in total. The molecule has 18 heavy (non-hydrogen) atoms. The molecule has 1 aromatic carbocycles. The Morgan fingerprint density at radius 1 is 1.39 bits per heavy atom. The summed E-state index contributed by atoms with van der Waals surface area (Å²) in [5.74, 6) is -0.779. The van der Waals surface area contributed by atoms with E-state index in [2.05, 4.69) is 10.8 Å². The maximum atomic E-state index is 10.7. The summed E-state index contributed by atoms with van der Waals surface area (Å²) >= 11 is 0. The fraction of sp³-hybridized carbons (Fsp3) is 0.462. The topological polar surface area (TPSA) is 70.6 Å². The Bertz CT molecular complexity index is 375. The number of carboxylic acids is 1. The van der Waals surface area contributed by atoms with Gasteiger partial charge in [-0.15, -0.1) is 0 Å². The van der Waals surface area contributed by atoms with Crippen molar-refractivity contribution < 1.29 is 14.7 Å². The highest BCUT2D eigenvalue weighted by Crippen LogP contribution is 2.09. The molecule has 0 amide bonds. The highest BCUT2D eigenvalue weighted by atomic mass is 16.6. The Morgan fingerprint density at radius 2 is 2.17 bits per heavy atom. The molecular weight excluding hydrogens is 232 g/mol. The number of nitrogens with one attached hydrogen (secondary N) is 2. The molecule has 3 N–H and O–H groups in total. The van der Waals surface area contributed by atoms with Gasteiger partial charge in [0.1, 0.15) is 6.04 Å². The second-order valence-electron chi connectivity index (χ2n) is 4.47. The van der Waals surface area contributed by atoms with Gasteiger partial charge in [-0.2, -0.15) is 5.48 Å². The quantitative estimate of drug-likeness (QED) is 0.678. The zero-order chi connectivity index (χ0) is 12.8. The second-order valence-corrected chi connectivity index (χ2v) is 4.47. The second kappa shape index (κ2) is 6.49. The summed E-state index contributed by atoms with van der Waals surface area (Å²) in [5.41, 5.74) is 4.08. The molecule has 5 heteroatoms. The van der Waals surface area contributed by atoms with Crippen LogP contribution in [0.2, 0.25) is 0 Å². The molecule has 1 aliphatic rings. The van der Waals surface area contributed by atoms with Crippen LogP contribution in [0, 0.1) is 0 Å². The lowest BCUT2D eigenvalue weighted by Crippen LogP contribution is -2.50. The first-order valence-corrected chi connectivity index (χ1v) is 6.13. The van der Waals surface area contributed by atoms with Gasteiger partial charge in [0, 0.05) is 12.6 Å². The van der Waals surface area contributed by atoms with Gasteiger partial charge in [0.05, 0.1) is 6.61 Å². The van der Waals surface area contributed by atoms with Crippen molar-refractivity contribution in [1.82, 2.24) is 10.8 Å². The molecule has 2 rings (SSSR count). The van der Waals surface area contributed by atoms with Crippen LogP contribution < -0.4 is 10.8 Å². The van der Waals surface area contributed by atoms with Crippen molar-refractivity contribution in [3.8, 4) is 0 Å². The molecule has 1 aromatic rings. The minimum absolute atomic E-state index is 0.171. The van der Waals surface area contributed by atoms with E-state index in [4.69, 9.17) is 9.94 Å². The number of hydrogen-bond donors (Lipinski definition) is 3. The number of hydroxylamine groups is 1. The summed E-state index contributed by atoms with van der Waals surface area (Å²) in [6.45, 7) is 1.13. The van der Waals surface area contributed by atoms with Gasteiger partial charge in [0.15, 0.2) is 0 Å². The predicted molar refractivity (Wildman–Crippen MR) is 66.8 cm³/mol. The van der Waals surface area contributed by atoms with Crippen molar-refractivity contribution in [3.05, 3.63) is 35.9 Å². The fourth-order valence-corrected chi connectivity index (χ4v) is 1.98. The lowest BCUT2D eigenvalue weighted by Gasteiger charge is -2.27. The van der Waals surface area contributed by atoms with Crippen molar-refractivity contribution in [3.63, 3.8) is 0 Å². The van der Waals surface area contributed by atoms with Crippen LogP contribution in [-0.4, -0.2) is 29.7 Å². The van der Waals surface area contributed by atoms with Crippen LogP contribution in [-0.2, 0) is 16.2 Å². The monoisotopic (exact) mass is 250 g/mol. The molecule has 1 fully saturated rings. The molecule has 1 aliphatic heterocycles. The smallest absolute Gasteiger partial charge is 0.320 e. The van der Waals surface area contributed by atoms with E-state index in [0.717, 1.165) is 12.0 Å². The molecule has 0 bridgehead atoms. The Balaban J connectivity index is 1.65. The third kappa shape index (κ3) is 3.80. The molecule has 98 valence electrons. The number of benzene rings is 1. The van der Waals surface area contributed by atoms with E-state index >= 15 is 0 Å². The summed E-state index contributed by atoms with van der Waals surface area (Å²) in [6.07, 6.45) is 1.43. The zero-order valence-corrected chi connectivity index (χ0v) is 10.1. The lowest BCUT2D eigenvalue weighted by molar-refractivity contribution is -0.140. The maximum absolute atomic E-state index is 10.7. The number of piperidine rings is 1. The van der Waals surface area contributed by atoms with E-state index in [1.807, 2.05) is 30.3 Å². The van der Waals surface area contributed by atoms with Crippen molar-refractivity contribution >= 4 is 5.97 Å². The minimum Gasteiger partial charge on any atom is -0.480 e. The van der Waals surface area contributed by atoms with Crippen LogP contribution in [0.1, 0.15) is 18.4 Å². The van der Waals surface area contributed by atoms with Crippen LogP contribution in [0.5, 0.6) is 0 Å². The van der Waals surface area contributed by atoms with Gasteiger partial charge < -0.3 is 10.4 Å². The first-order chi connectivity index (χ1) is 8.75. The van der Waals surface area contributed by atoms with Crippen LogP contribution >= 0.6 is 0 Å².